The van der Waals surface area contributed by atoms with Crippen molar-refractivity contribution in [3.8, 4) is 5.75 Å². The van der Waals surface area contributed by atoms with Crippen molar-refractivity contribution in [2.75, 3.05) is 25.2 Å². The number of anilines is 1. The molecule has 1 aliphatic heterocycles. The fourth-order valence-corrected chi connectivity index (χ4v) is 2.48. The third-order valence-electron chi connectivity index (χ3n) is 4.25. The molecule has 114 valence electrons. The second kappa shape index (κ2) is 6.81. The van der Waals surface area contributed by atoms with E-state index in [0.29, 0.717) is 6.61 Å². The first-order chi connectivity index (χ1) is 10.1. The Balaban J connectivity index is 2.18. The number of aliphatic hydroxyl groups excluding tert-OH is 1. The number of aryl methyl sites for hydroxylation is 1. The number of hydrogen-bond acceptors (Lipinski definition) is 3. The van der Waals surface area contributed by atoms with Gasteiger partial charge >= 0.3 is 0 Å². The van der Waals surface area contributed by atoms with Crippen LogP contribution in [-0.2, 0) is 6.42 Å². The Kier molecular flexibility index (Phi) is 5.07. The van der Waals surface area contributed by atoms with Crippen molar-refractivity contribution < 1.29 is 9.84 Å². The summed E-state index contributed by atoms with van der Waals surface area (Å²) in [5, 5.41) is 9.23. The molecule has 0 bridgehead atoms. The van der Waals surface area contributed by atoms with Crippen LogP contribution in [0.15, 0.2) is 42.6 Å². The molecular weight excluding hydrogens is 262 g/mol. The summed E-state index contributed by atoms with van der Waals surface area (Å²) in [5.41, 5.74) is 4.47. The summed E-state index contributed by atoms with van der Waals surface area (Å²) in [5.74, 6) is 1.03. The number of likely N-dealkylation sites (N-methyl/N-ethyl adjacent to an activating group) is 1. The topological polar surface area (TPSA) is 32.7 Å². The molecule has 1 unspecified atom stereocenters. The maximum absolute atomic E-state index is 9.23. The van der Waals surface area contributed by atoms with Crippen LogP contribution in [0.5, 0.6) is 5.75 Å². The SMILES string of the molecule is C=C1CCc2ccc(OCC(CC)CO)cc2N(C)C1=C. The molecule has 0 aromatic heterocycles. The number of benzene rings is 1. The zero-order chi connectivity index (χ0) is 15.4. The Morgan fingerprint density at radius 3 is 2.76 bits per heavy atom. The molecule has 0 aliphatic carbocycles. The van der Waals surface area contributed by atoms with Crippen molar-refractivity contribution >= 4 is 5.69 Å². The predicted octanol–water partition coefficient (Wildman–Crippen LogP) is 3.54. The fourth-order valence-electron chi connectivity index (χ4n) is 2.48. The Morgan fingerprint density at radius 1 is 1.33 bits per heavy atom. The third-order valence-corrected chi connectivity index (χ3v) is 4.25. The van der Waals surface area contributed by atoms with Crippen LogP contribution < -0.4 is 9.64 Å². The second-order valence-electron chi connectivity index (χ2n) is 5.67. The maximum Gasteiger partial charge on any atom is 0.121 e. The molecule has 0 saturated heterocycles. The molecule has 0 saturated carbocycles. The smallest absolute Gasteiger partial charge is 0.121 e. The van der Waals surface area contributed by atoms with E-state index in [9.17, 15) is 5.11 Å². The van der Waals surface area contributed by atoms with Crippen LogP contribution in [0.25, 0.3) is 0 Å². The van der Waals surface area contributed by atoms with E-state index in [-0.39, 0.29) is 12.5 Å². The summed E-state index contributed by atoms with van der Waals surface area (Å²) >= 11 is 0. The second-order valence-corrected chi connectivity index (χ2v) is 5.67. The van der Waals surface area contributed by atoms with Crippen molar-refractivity contribution in [2.45, 2.75) is 26.2 Å². The van der Waals surface area contributed by atoms with Crippen LogP contribution in [0.1, 0.15) is 25.3 Å². The van der Waals surface area contributed by atoms with Gasteiger partial charge in [-0.3, -0.25) is 0 Å². The lowest BCUT2D eigenvalue weighted by atomic mass is 10.1. The highest BCUT2D eigenvalue weighted by Gasteiger charge is 2.18. The van der Waals surface area contributed by atoms with Crippen molar-refractivity contribution in [3.05, 3.63) is 48.2 Å². The molecule has 1 heterocycles. The number of rotatable bonds is 5. The van der Waals surface area contributed by atoms with Crippen LogP contribution in [-0.4, -0.2) is 25.4 Å². The van der Waals surface area contributed by atoms with Gasteiger partial charge in [-0.15, -0.1) is 0 Å². The molecule has 2 rings (SSSR count). The summed E-state index contributed by atoms with van der Waals surface area (Å²) in [6, 6.07) is 6.18. The van der Waals surface area contributed by atoms with E-state index >= 15 is 0 Å². The minimum absolute atomic E-state index is 0.165. The standard InChI is InChI=1S/C18H25NO2/c1-5-15(11-20)12-21-17-9-8-16-7-6-13(2)14(3)19(4)18(16)10-17/h8-10,15,20H,2-3,5-7,11-12H2,1,4H3. The van der Waals surface area contributed by atoms with Gasteiger partial charge in [-0.25, -0.2) is 0 Å². The minimum Gasteiger partial charge on any atom is -0.493 e. The fraction of sp³-hybridized carbons (Fsp3) is 0.444. The molecule has 1 N–H and O–H groups in total. The van der Waals surface area contributed by atoms with Crippen molar-refractivity contribution in [1.82, 2.24) is 0 Å². The van der Waals surface area contributed by atoms with Gasteiger partial charge in [-0.1, -0.05) is 26.1 Å². The summed E-state index contributed by atoms with van der Waals surface area (Å²) < 4.78 is 5.83. The third kappa shape index (κ3) is 3.48. The highest BCUT2D eigenvalue weighted by atomic mass is 16.5. The predicted molar refractivity (Wildman–Crippen MR) is 87.8 cm³/mol. The van der Waals surface area contributed by atoms with Crippen LogP contribution in [0.3, 0.4) is 0 Å². The lowest BCUT2D eigenvalue weighted by molar-refractivity contribution is 0.160. The first-order valence-electron chi connectivity index (χ1n) is 7.54. The van der Waals surface area contributed by atoms with Gasteiger partial charge in [0.05, 0.1) is 6.61 Å². The monoisotopic (exact) mass is 287 g/mol. The van der Waals surface area contributed by atoms with E-state index in [0.717, 1.165) is 42.0 Å². The van der Waals surface area contributed by atoms with Crippen LogP contribution >= 0.6 is 0 Å². The molecule has 0 radical (unpaired) electrons. The van der Waals surface area contributed by atoms with E-state index < -0.39 is 0 Å². The molecule has 0 amide bonds. The maximum atomic E-state index is 9.23. The lowest BCUT2D eigenvalue weighted by Crippen LogP contribution is -2.17. The highest BCUT2D eigenvalue weighted by Crippen LogP contribution is 2.34. The van der Waals surface area contributed by atoms with Gasteiger partial charge in [0.15, 0.2) is 0 Å². The van der Waals surface area contributed by atoms with E-state index in [1.165, 1.54) is 5.56 Å². The van der Waals surface area contributed by atoms with Crippen molar-refractivity contribution in [2.24, 2.45) is 5.92 Å². The van der Waals surface area contributed by atoms with E-state index in [1.54, 1.807) is 0 Å². The summed E-state index contributed by atoms with van der Waals surface area (Å²) in [6.45, 7) is 11.0. The lowest BCUT2D eigenvalue weighted by Gasteiger charge is -2.23. The van der Waals surface area contributed by atoms with Crippen LogP contribution in [0.4, 0.5) is 5.69 Å². The normalized spacial score (nSPS) is 16.4. The van der Waals surface area contributed by atoms with Crippen molar-refractivity contribution in [1.29, 1.82) is 0 Å². The van der Waals surface area contributed by atoms with Crippen LogP contribution in [0, 0.1) is 5.92 Å². The molecule has 0 spiro atoms. The molecule has 1 atom stereocenters. The van der Waals surface area contributed by atoms with Gasteiger partial charge in [0.2, 0.25) is 0 Å². The minimum atomic E-state index is 0.165. The molecule has 1 aromatic carbocycles. The number of ether oxygens (including phenoxy) is 1. The van der Waals surface area contributed by atoms with Crippen molar-refractivity contribution in [3.63, 3.8) is 0 Å². The van der Waals surface area contributed by atoms with E-state index in [2.05, 4.69) is 37.1 Å². The number of aliphatic hydroxyl groups is 1. The molecule has 1 aromatic rings. The van der Waals surface area contributed by atoms with Gasteiger partial charge in [0.25, 0.3) is 0 Å². The largest absolute Gasteiger partial charge is 0.493 e. The average Bonchev–Trinajstić information content (AvgIpc) is 2.61. The van der Waals surface area contributed by atoms with Crippen LogP contribution in [0.2, 0.25) is 0 Å². The Labute approximate surface area is 127 Å². The van der Waals surface area contributed by atoms with Gasteiger partial charge in [0.1, 0.15) is 5.75 Å². The number of fused-ring (bicyclic) bond motifs is 1. The van der Waals surface area contributed by atoms with Gasteiger partial charge < -0.3 is 14.7 Å². The zero-order valence-electron chi connectivity index (χ0n) is 13.1. The van der Waals surface area contributed by atoms with Gasteiger partial charge in [-0.2, -0.15) is 0 Å². The Morgan fingerprint density at radius 2 is 2.10 bits per heavy atom. The first-order valence-corrected chi connectivity index (χ1v) is 7.54. The quantitative estimate of drug-likeness (QED) is 0.899. The Hall–Kier alpha value is -1.74. The molecular formula is C18H25NO2. The molecule has 21 heavy (non-hydrogen) atoms. The summed E-state index contributed by atoms with van der Waals surface area (Å²) in [4.78, 5) is 2.08. The molecule has 3 nitrogen and oxygen atoms in total. The molecule has 1 aliphatic rings. The van der Waals surface area contributed by atoms with Gasteiger partial charge in [0, 0.05) is 37.0 Å². The zero-order valence-corrected chi connectivity index (χ0v) is 13.1. The molecule has 3 heteroatoms. The number of allylic oxidation sites excluding steroid dienone is 1. The average molecular weight is 287 g/mol. The Bertz CT molecular complexity index is 532. The highest BCUT2D eigenvalue weighted by molar-refractivity contribution is 5.64. The van der Waals surface area contributed by atoms with Gasteiger partial charge in [-0.05, 0) is 36.5 Å². The first kappa shape index (κ1) is 15.6. The number of hydrogen-bond donors (Lipinski definition) is 1. The summed E-state index contributed by atoms with van der Waals surface area (Å²) in [7, 11) is 2.02. The molecule has 0 fully saturated rings. The van der Waals surface area contributed by atoms with E-state index in [1.807, 2.05) is 13.1 Å². The summed E-state index contributed by atoms with van der Waals surface area (Å²) in [6.07, 6.45) is 2.84. The van der Waals surface area contributed by atoms with E-state index in [4.69, 9.17) is 4.74 Å². The number of nitrogens with zero attached hydrogens (tertiary/aromatic N) is 1.